The van der Waals surface area contributed by atoms with Crippen LogP contribution in [0.15, 0.2) is 0 Å². The van der Waals surface area contributed by atoms with Gasteiger partial charge in [0.25, 0.3) is 5.91 Å². The normalized spacial score (nSPS) is 15.6. The molecule has 3 N–H and O–H groups in total. The predicted octanol–water partition coefficient (Wildman–Crippen LogP) is -0.243. The lowest BCUT2D eigenvalue weighted by molar-refractivity contribution is -0.126. The van der Waals surface area contributed by atoms with E-state index in [1.807, 2.05) is 0 Å². The number of rotatable bonds is 4. The van der Waals surface area contributed by atoms with Gasteiger partial charge in [0.1, 0.15) is 6.67 Å². The fourth-order valence-electron chi connectivity index (χ4n) is 0.544. The first kappa shape index (κ1) is 10.3. The van der Waals surface area contributed by atoms with E-state index in [-0.39, 0.29) is 0 Å². The Bertz CT molecular complexity index is 132. The first-order valence-electron chi connectivity index (χ1n) is 3.36. The Labute approximate surface area is 63.9 Å². The van der Waals surface area contributed by atoms with Gasteiger partial charge in [0.2, 0.25) is 0 Å². The highest BCUT2D eigenvalue weighted by atomic mass is 19.1. The van der Waals surface area contributed by atoms with Crippen molar-refractivity contribution >= 4 is 5.91 Å². The lowest BCUT2D eigenvalue weighted by Crippen LogP contribution is -2.44. The molecule has 2 atom stereocenters. The van der Waals surface area contributed by atoms with Crippen LogP contribution in [-0.2, 0) is 4.79 Å². The Morgan fingerprint density at radius 2 is 2.27 bits per heavy atom. The molecule has 0 aromatic rings. The van der Waals surface area contributed by atoms with Crippen molar-refractivity contribution in [2.24, 2.45) is 5.73 Å². The molecule has 0 aromatic carbocycles. The molecule has 11 heavy (non-hydrogen) atoms. The molecular formula is C6H12F2N2O. The van der Waals surface area contributed by atoms with Gasteiger partial charge in [-0.25, -0.2) is 8.78 Å². The first-order valence-corrected chi connectivity index (χ1v) is 3.36. The summed E-state index contributed by atoms with van der Waals surface area (Å²) in [5.74, 6) is -0.849. The van der Waals surface area contributed by atoms with Crippen molar-refractivity contribution in [1.82, 2.24) is 5.32 Å². The summed E-state index contributed by atoms with van der Waals surface area (Å²) in [6, 6.07) is -1.35. The van der Waals surface area contributed by atoms with E-state index in [1.54, 1.807) is 6.92 Å². The SMILES string of the molecule is CCNC(=O)C(F)C(N)CF. The monoisotopic (exact) mass is 166 g/mol. The highest BCUT2D eigenvalue weighted by Gasteiger charge is 2.23. The Hall–Kier alpha value is -0.710. The molecule has 0 aliphatic carbocycles. The second-order valence-corrected chi connectivity index (χ2v) is 2.11. The Morgan fingerprint density at radius 1 is 1.73 bits per heavy atom. The summed E-state index contributed by atoms with van der Waals surface area (Å²) in [6.45, 7) is 0.933. The number of amides is 1. The smallest absolute Gasteiger partial charge is 0.256 e. The van der Waals surface area contributed by atoms with Crippen LogP contribution in [0.5, 0.6) is 0 Å². The minimum Gasteiger partial charge on any atom is -0.354 e. The third-order valence-corrected chi connectivity index (χ3v) is 1.16. The van der Waals surface area contributed by atoms with Crippen LogP contribution in [0, 0.1) is 0 Å². The molecule has 0 fully saturated rings. The second-order valence-electron chi connectivity index (χ2n) is 2.11. The lowest BCUT2D eigenvalue weighted by atomic mass is 10.2. The molecule has 0 radical (unpaired) electrons. The van der Waals surface area contributed by atoms with Crippen LogP contribution in [-0.4, -0.2) is 31.3 Å². The van der Waals surface area contributed by atoms with Crippen LogP contribution < -0.4 is 11.1 Å². The average Bonchev–Trinajstić information content (AvgIpc) is 2.02. The van der Waals surface area contributed by atoms with Gasteiger partial charge in [-0.15, -0.1) is 0 Å². The molecule has 0 heterocycles. The molecule has 5 heteroatoms. The number of carbonyl (C=O) groups is 1. The van der Waals surface area contributed by atoms with E-state index >= 15 is 0 Å². The quantitative estimate of drug-likeness (QED) is 0.605. The minimum absolute atomic E-state index is 0.318. The summed E-state index contributed by atoms with van der Waals surface area (Å²) in [4.78, 5) is 10.6. The zero-order valence-corrected chi connectivity index (χ0v) is 6.31. The fourth-order valence-corrected chi connectivity index (χ4v) is 0.544. The van der Waals surface area contributed by atoms with Crippen molar-refractivity contribution in [3.05, 3.63) is 0 Å². The van der Waals surface area contributed by atoms with Gasteiger partial charge in [-0.2, -0.15) is 0 Å². The van der Waals surface area contributed by atoms with Crippen molar-refractivity contribution in [1.29, 1.82) is 0 Å². The lowest BCUT2D eigenvalue weighted by Gasteiger charge is -2.11. The van der Waals surface area contributed by atoms with E-state index in [0.29, 0.717) is 6.54 Å². The van der Waals surface area contributed by atoms with Crippen molar-refractivity contribution < 1.29 is 13.6 Å². The standard InChI is InChI=1S/C6H12F2N2O/c1-2-10-6(11)5(8)4(9)3-7/h4-5H,2-3,9H2,1H3,(H,10,11). The third-order valence-electron chi connectivity index (χ3n) is 1.16. The molecule has 0 saturated heterocycles. The van der Waals surface area contributed by atoms with Gasteiger partial charge in [0, 0.05) is 6.54 Å². The summed E-state index contributed by atoms with van der Waals surface area (Å²) in [5.41, 5.74) is 4.94. The molecule has 0 aliphatic heterocycles. The molecule has 66 valence electrons. The van der Waals surface area contributed by atoms with Crippen LogP contribution in [0.4, 0.5) is 8.78 Å². The third kappa shape index (κ3) is 3.27. The second kappa shape index (κ2) is 5.01. The highest BCUT2D eigenvalue weighted by molar-refractivity contribution is 5.81. The van der Waals surface area contributed by atoms with E-state index in [2.05, 4.69) is 5.32 Å². The number of nitrogens with two attached hydrogens (primary N) is 1. The molecule has 1 amide bonds. The molecule has 2 unspecified atom stereocenters. The maximum absolute atomic E-state index is 12.6. The van der Waals surface area contributed by atoms with Gasteiger partial charge in [0.15, 0.2) is 6.17 Å². The van der Waals surface area contributed by atoms with Crippen LogP contribution in [0.25, 0.3) is 0 Å². The number of hydrogen-bond acceptors (Lipinski definition) is 2. The summed E-state index contributed by atoms with van der Waals surface area (Å²) in [7, 11) is 0. The van der Waals surface area contributed by atoms with Crippen molar-refractivity contribution in [2.45, 2.75) is 19.1 Å². The van der Waals surface area contributed by atoms with Gasteiger partial charge in [0.05, 0.1) is 6.04 Å². The predicted molar refractivity (Wildman–Crippen MR) is 37.5 cm³/mol. The van der Waals surface area contributed by atoms with E-state index in [0.717, 1.165) is 0 Å². The highest BCUT2D eigenvalue weighted by Crippen LogP contribution is 1.97. The van der Waals surface area contributed by atoms with Crippen molar-refractivity contribution in [2.75, 3.05) is 13.2 Å². The molecule has 0 aliphatic rings. The summed E-state index contributed by atoms with van der Waals surface area (Å²) < 4.78 is 24.3. The molecule has 3 nitrogen and oxygen atoms in total. The molecule has 0 spiro atoms. The van der Waals surface area contributed by atoms with Gasteiger partial charge in [-0.3, -0.25) is 4.79 Å². The Balaban J connectivity index is 3.80. The van der Waals surface area contributed by atoms with E-state index < -0.39 is 24.8 Å². The van der Waals surface area contributed by atoms with E-state index in [1.165, 1.54) is 0 Å². The zero-order chi connectivity index (χ0) is 8.85. The van der Waals surface area contributed by atoms with Gasteiger partial charge < -0.3 is 11.1 Å². The number of hydrogen-bond donors (Lipinski definition) is 2. The van der Waals surface area contributed by atoms with Crippen LogP contribution in [0.1, 0.15) is 6.92 Å². The average molecular weight is 166 g/mol. The Morgan fingerprint density at radius 3 is 2.64 bits per heavy atom. The largest absolute Gasteiger partial charge is 0.354 e. The van der Waals surface area contributed by atoms with Gasteiger partial charge in [-0.1, -0.05) is 0 Å². The minimum atomic E-state index is -1.94. The maximum Gasteiger partial charge on any atom is 0.256 e. The van der Waals surface area contributed by atoms with E-state index in [9.17, 15) is 13.6 Å². The van der Waals surface area contributed by atoms with Crippen LogP contribution in [0.2, 0.25) is 0 Å². The van der Waals surface area contributed by atoms with Gasteiger partial charge in [-0.05, 0) is 6.92 Å². The maximum atomic E-state index is 12.6. The number of nitrogens with one attached hydrogen (secondary N) is 1. The summed E-state index contributed by atoms with van der Waals surface area (Å²) in [6.07, 6.45) is -1.94. The number of carbonyl (C=O) groups excluding carboxylic acids is 1. The van der Waals surface area contributed by atoms with Crippen LogP contribution >= 0.6 is 0 Å². The Kier molecular flexibility index (Phi) is 4.69. The number of alkyl halides is 2. The molecule has 0 saturated carbocycles. The zero-order valence-electron chi connectivity index (χ0n) is 6.31. The van der Waals surface area contributed by atoms with Crippen molar-refractivity contribution in [3.63, 3.8) is 0 Å². The number of halogens is 2. The molecule has 0 bridgehead atoms. The topological polar surface area (TPSA) is 55.1 Å². The molecule has 0 rings (SSSR count). The van der Waals surface area contributed by atoms with Crippen molar-refractivity contribution in [3.8, 4) is 0 Å². The molecule has 0 aromatic heterocycles. The summed E-state index contributed by atoms with van der Waals surface area (Å²) in [5, 5.41) is 2.20. The van der Waals surface area contributed by atoms with E-state index in [4.69, 9.17) is 5.73 Å². The van der Waals surface area contributed by atoms with Crippen LogP contribution in [0.3, 0.4) is 0 Å². The first-order chi connectivity index (χ1) is 5.13. The molecular weight excluding hydrogens is 154 g/mol. The fraction of sp³-hybridized carbons (Fsp3) is 0.833. The summed E-state index contributed by atoms with van der Waals surface area (Å²) >= 11 is 0. The van der Waals surface area contributed by atoms with Gasteiger partial charge >= 0.3 is 0 Å².